The summed E-state index contributed by atoms with van der Waals surface area (Å²) >= 11 is 0. The standard InChI is InChI=1S/C16H16F2N2O/c1-10(17)16(21)20-6-4-11(5-7-20)14-9-19-15-8-12(18)2-3-13(14)15/h2-3,8-9,11,19H,1,4-7H2. The monoisotopic (exact) mass is 290 g/mol. The van der Waals surface area contributed by atoms with Crippen LogP contribution in [0.3, 0.4) is 0 Å². The van der Waals surface area contributed by atoms with E-state index in [1.165, 1.54) is 17.0 Å². The smallest absolute Gasteiger partial charge is 0.281 e. The first-order chi connectivity index (χ1) is 10.1. The maximum Gasteiger partial charge on any atom is 0.281 e. The number of hydrogen-bond acceptors (Lipinski definition) is 1. The fourth-order valence-electron chi connectivity index (χ4n) is 3.02. The number of carbonyl (C=O) groups is 1. The summed E-state index contributed by atoms with van der Waals surface area (Å²) in [6, 6.07) is 4.70. The number of halogens is 2. The highest BCUT2D eigenvalue weighted by Crippen LogP contribution is 2.33. The topological polar surface area (TPSA) is 36.1 Å². The molecule has 1 aromatic carbocycles. The number of rotatable bonds is 2. The number of fused-ring (bicyclic) bond motifs is 1. The third kappa shape index (κ3) is 2.55. The molecule has 0 spiro atoms. The second kappa shape index (κ2) is 5.31. The number of benzene rings is 1. The van der Waals surface area contributed by atoms with E-state index < -0.39 is 11.7 Å². The quantitative estimate of drug-likeness (QED) is 0.844. The minimum atomic E-state index is -0.906. The van der Waals surface area contributed by atoms with Crippen molar-refractivity contribution in [2.45, 2.75) is 18.8 Å². The molecule has 21 heavy (non-hydrogen) atoms. The number of amides is 1. The number of nitrogens with one attached hydrogen (secondary N) is 1. The van der Waals surface area contributed by atoms with E-state index in [0.717, 1.165) is 29.3 Å². The van der Waals surface area contributed by atoms with E-state index in [2.05, 4.69) is 11.6 Å². The first-order valence-corrected chi connectivity index (χ1v) is 6.96. The Hall–Kier alpha value is -2.17. The minimum Gasteiger partial charge on any atom is -0.361 e. The van der Waals surface area contributed by atoms with Crippen molar-refractivity contribution in [3.63, 3.8) is 0 Å². The van der Waals surface area contributed by atoms with Gasteiger partial charge in [0, 0.05) is 30.2 Å². The first kappa shape index (κ1) is 13.8. The second-order valence-corrected chi connectivity index (χ2v) is 5.41. The summed E-state index contributed by atoms with van der Waals surface area (Å²) < 4.78 is 26.1. The van der Waals surface area contributed by atoms with Crippen molar-refractivity contribution in [1.29, 1.82) is 0 Å². The van der Waals surface area contributed by atoms with E-state index in [0.29, 0.717) is 19.0 Å². The summed E-state index contributed by atoms with van der Waals surface area (Å²) in [7, 11) is 0. The highest BCUT2D eigenvalue weighted by molar-refractivity contribution is 5.90. The van der Waals surface area contributed by atoms with Crippen LogP contribution in [0.4, 0.5) is 8.78 Å². The lowest BCUT2D eigenvalue weighted by molar-refractivity contribution is -0.129. The lowest BCUT2D eigenvalue weighted by Gasteiger charge is -2.31. The molecule has 0 saturated carbocycles. The van der Waals surface area contributed by atoms with E-state index >= 15 is 0 Å². The number of H-pyrrole nitrogens is 1. The molecule has 0 aliphatic carbocycles. The zero-order valence-electron chi connectivity index (χ0n) is 11.5. The average molecular weight is 290 g/mol. The lowest BCUT2D eigenvalue weighted by Crippen LogP contribution is -2.37. The summed E-state index contributed by atoms with van der Waals surface area (Å²) in [5, 5.41) is 1.01. The zero-order valence-corrected chi connectivity index (χ0v) is 11.5. The van der Waals surface area contributed by atoms with Gasteiger partial charge in [0.15, 0.2) is 5.83 Å². The molecule has 5 heteroatoms. The van der Waals surface area contributed by atoms with Crippen molar-refractivity contribution in [3.8, 4) is 0 Å². The molecule has 110 valence electrons. The molecule has 2 aromatic rings. The van der Waals surface area contributed by atoms with Crippen molar-refractivity contribution >= 4 is 16.8 Å². The van der Waals surface area contributed by atoms with Crippen LogP contribution in [0.2, 0.25) is 0 Å². The van der Waals surface area contributed by atoms with E-state index in [4.69, 9.17) is 0 Å². The number of likely N-dealkylation sites (tertiary alicyclic amines) is 1. The molecule has 1 amide bonds. The van der Waals surface area contributed by atoms with Crippen LogP contribution in [0.25, 0.3) is 10.9 Å². The van der Waals surface area contributed by atoms with Gasteiger partial charge >= 0.3 is 0 Å². The molecule has 0 bridgehead atoms. The third-order valence-corrected chi connectivity index (χ3v) is 4.13. The van der Waals surface area contributed by atoms with Gasteiger partial charge in [-0.3, -0.25) is 4.79 Å². The maximum atomic E-state index is 13.2. The molecular weight excluding hydrogens is 274 g/mol. The number of aromatic nitrogens is 1. The van der Waals surface area contributed by atoms with Crippen LogP contribution in [0, 0.1) is 5.82 Å². The molecule has 0 radical (unpaired) electrons. The van der Waals surface area contributed by atoms with Gasteiger partial charge in [-0.05, 0) is 42.5 Å². The van der Waals surface area contributed by atoms with Crippen molar-refractivity contribution in [2.75, 3.05) is 13.1 Å². The minimum absolute atomic E-state index is 0.266. The fraction of sp³-hybridized carbons (Fsp3) is 0.312. The van der Waals surface area contributed by atoms with Crippen LogP contribution in [-0.2, 0) is 4.79 Å². The first-order valence-electron chi connectivity index (χ1n) is 6.96. The number of nitrogens with zero attached hydrogens (tertiary/aromatic N) is 1. The highest BCUT2D eigenvalue weighted by Gasteiger charge is 2.26. The van der Waals surface area contributed by atoms with Gasteiger partial charge in [-0.1, -0.05) is 6.58 Å². The largest absolute Gasteiger partial charge is 0.361 e. The Kier molecular flexibility index (Phi) is 3.49. The van der Waals surface area contributed by atoms with Gasteiger partial charge in [0.25, 0.3) is 5.91 Å². The number of carbonyl (C=O) groups excluding carboxylic acids is 1. The molecule has 0 atom stereocenters. The Morgan fingerprint density at radius 3 is 2.71 bits per heavy atom. The summed E-state index contributed by atoms with van der Waals surface area (Å²) in [5.74, 6) is -1.50. The van der Waals surface area contributed by atoms with Crippen molar-refractivity contribution in [3.05, 3.63) is 48.2 Å². The molecule has 1 aliphatic rings. The van der Waals surface area contributed by atoms with Crippen molar-refractivity contribution < 1.29 is 13.6 Å². The maximum absolute atomic E-state index is 13.2. The summed E-state index contributed by atoms with van der Waals surface area (Å²) in [5.41, 5.74) is 1.91. The van der Waals surface area contributed by atoms with Crippen LogP contribution in [-0.4, -0.2) is 28.9 Å². The predicted molar refractivity (Wildman–Crippen MR) is 77.1 cm³/mol. The second-order valence-electron chi connectivity index (χ2n) is 5.41. The molecule has 1 aromatic heterocycles. The SMILES string of the molecule is C=C(F)C(=O)N1CCC(c2c[nH]c3cc(F)ccc23)CC1. The van der Waals surface area contributed by atoms with Gasteiger partial charge in [-0.25, -0.2) is 8.78 Å². The Labute approximate surface area is 121 Å². The Morgan fingerprint density at radius 1 is 1.33 bits per heavy atom. The van der Waals surface area contributed by atoms with E-state index in [1.807, 2.05) is 6.20 Å². The summed E-state index contributed by atoms with van der Waals surface area (Å²) in [4.78, 5) is 16.1. The molecule has 1 fully saturated rings. The number of piperidine rings is 1. The number of aromatic amines is 1. The van der Waals surface area contributed by atoms with E-state index in [1.54, 1.807) is 6.07 Å². The van der Waals surface area contributed by atoms with E-state index in [9.17, 15) is 13.6 Å². The molecule has 1 aliphatic heterocycles. The van der Waals surface area contributed by atoms with Gasteiger partial charge < -0.3 is 9.88 Å². The summed E-state index contributed by atoms with van der Waals surface area (Å²) in [6.45, 7) is 4.08. The Bertz CT molecular complexity index is 699. The Balaban J connectivity index is 1.77. The van der Waals surface area contributed by atoms with Gasteiger partial charge in [-0.2, -0.15) is 0 Å². The summed E-state index contributed by atoms with van der Waals surface area (Å²) in [6.07, 6.45) is 3.44. The van der Waals surface area contributed by atoms with Gasteiger partial charge in [-0.15, -0.1) is 0 Å². The highest BCUT2D eigenvalue weighted by atomic mass is 19.1. The third-order valence-electron chi connectivity index (χ3n) is 4.13. The molecule has 3 nitrogen and oxygen atoms in total. The molecule has 1 N–H and O–H groups in total. The zero-order chi connectivity index (χ0) is 15.0. The van der Waals surface area contributed by atoms with Crippen LogP contribution in [0.1, 0.15) is 24.3 Å². The fourth-order valence-corrected chi connectivity index (χ4v) is 3.02. The molecular formula is C16H16F2N2O. The van der Waals surface area contributed by atoms with Crippen LogP contribution < -0.4 is 0 Å². The van der Waals surface area contributed by atoms with Gasteiger partial charge in [0.1, 0.15) is 5.82 Å². The normalized spacial score (nSPS) is 16.4. The van der Waals surface area contributed by atoms with Gasteiger partial charge in [0.05, 0.1) is 0 Å². The number of hydrogen-bond donors (Lipinski definition) is 1. The average Bonchev–Trinajstić information content (AvgIpc) is 2.89. The van der Waals surface area contributed by atoms with Crippen LogP contribution >= 0.6 is 0 Å². The molecule has 1 saturated heterocycles. The van der Waals surface area contributed by atoms with Crippen LogP contribution in [0.15, 0.2) is 36.8 Å². The van der Waals surface area contributed by atoms with E-state index in [-0.39, 0.29) is 5.82 Å². The van der Waals surface area contributed by atoms with Crippen LogP contribution in [0.5, 0.6) is 0 Å². The molecule has 2 heterocycles. The lowest BCUT2D eigenvalue weighted by atomic mass is 9.89. The predicted octanol–water partition coefficient (Wildman–Crippen LogP) is 3.50. The van der Waals surface area contributed by atoms with Gasteiger partial charge in [0.2, 0.25) is 0 Å². The molecule has 0 unspecified atom stereocenters. The Morgan fingerprint density at radius 2 is 2.05 bits per heavy atom. The van der Waals surface area contributed by atoms with Crippen molar-refractivity contribution in [1.82, 2.24) is 9.88 Å². The van der Waals surface area contributed by atoms with Crippen molar-refractivity contribution in [2.24, 2.45) is 0 Å². The molecule has 3 rings (SSSR count).